The molecular weight excluding hydrogens is 155 g/mol. The van der Waals surface area contributed by atoms with E-state index in [0.29, 0.717) is 0 Å². The number of rotatable bonds is 6. The monoisotopic (exact) mass is 179 g/mol. The Balaban J connectivity index is 1.86. The summed E-state index contributed by atoms with van der Waals surface area (Å²) in [6.45, 7) is 2.28. The van der Waals surface area contributed by atoms with Gasteiger partial charge in [-0.3, -0.25) is 0 Å². The Labute approximate surface area is 84.7 Å². The molecule has 13 heavy (non-hydrogen) atoms. The summed E-state index contributed by atoms with van der Waals surface area (Å²) in [4.78, 5) is 0. The fourth-order valence-electron chi connectivity index (χ4n) is 2.29. The smallest absolute Gasteiger partial charge is 0.0800 e. The van der Waals surface area contributed by atoms with E-state index in [4.69, 9.17) is 0 Å². The average Bonchev–Trinajstić information content (AvgIpc) is 2.19. The SMILES string of the molecule is CCCCCC[B]C1CCCCC1. The first-order chi connectivity index (χ1) is 6.43. The van der Waals surface area contributed by atoms with E-state index in [2.05, 4.69) is 14.2 Å². The van der Waals surface area contributed by atoms with E-state index in [1.165, 1.54) is 64.1 Å². The van der Waals surface area contributed by atoms with Crippen LogP contribution in [0.2, 0.25) is 12.1 Å². The zero-order valence-electron chi connectivity index (χ0n) is 9.23. The van der Waals surface area contributed by atoms with Gasteiger partial charge >= 0.3 is 0 Å². The summed E-state index contributed by atoms with van der Waals surface area (Å²) in [6, 6.07) is 0. The maximum Gasteiger partial charge on any atom is 0.113 e. The highest BCUT2D eigenvalue weighted by Gasteiger charge is 2.13. The third kappa shape index (κ3) is 5.39. The van der Waals surface area contributed by atoms with Crippen LogP contribution in [-0.4, -0.2) is 7.28 Å². The van der Waals surface area contributed by atoms with Crippen LogP contribution in [0.5, 0.6) is 0 Å². The predicted octanol–water partition coefficient (Wildman–Crippen LogP) is 4.44. The first-order valence-electron chi connectivity index (χ1n) is 6.27. The highest BCUT2D eigenvalue weighted by molar-refractivity contribution is 6.37. The van der Waals surface area contributed by atoms with Gasteiger partial charge in [-0.05, 0) is 0 Å². The molecule has 0 aromatic rings. The Morgan fingerprint density at radius 3 is 2.46 bits per heavy atom. The standard InChI is InChI=1S/C12H24B/c1-2-3-4-8-11-13-12-9-6-5-7-10-12/h12H,2-11H2,1H3. The van der Waals surface area contributed by atoms with Gasteiger partial charge in [0.1, 0.15) is 7.28 Å². The number of hydrogen-bond acceptors (Lipinski definition) is 0. The van der Waals surface area contributed by atoms with Gasteiger partial charge in [-0.15, -0.1) is 0 Å². The van der Waals surface area contributed by atoms with Crippen molar-refractivity contribution < 1.29 is 0 Å². The second kappa shape index (κ2) is 7.47. The topological polar surface area (TPSA) is 0 Å². The van der Waals surface area contributed by atoms with Crippen molar-refractivity contribution in [2.45, 2.75) is 76.8 Å². The van der Waals surface area contributed by atoms with Crippen molar-refractivity contribution in [3.8, 4) is 0 Å². The fraction of sp³-hybridized carbons (Fsp3) is 1.00. The van der Waals surface area contributed by atoms with Gasteiger partial charge in [0.05, 0.1) is 0 Å². The lowest BCUT2D eigenvalue weighted by Gasteiger charge is -2.20. The van der Waals surface area contributed by atoms with Crippen molar-refractivity contribution in [2.24, 2.45) is 0 Å². The largest absolute Gasteiger partial charge is 0.113 e. The molecule has 1 rings (SSSR count). The number of hydrogen-bond donors (Lipinski definition) is 0. The Morgan fingerprint density at radius 2 is 1.77 bits per heavy atom. The third-order valence-electron chi connectivity index (χ3n) is 3.21. The summed E-state index contributed by atoms with van der Waals surface area (Å²) in [5.41, 5.74) is 0. The normalized spacial score (nSPS) is 18.8. The molecule has 0 nitrogen and oxygen atoms in total. The van der Waals surface area contributed by atoms with Crippen molar-refractivity contribution in [3.63, 3.8) is 0 Å². The zero-order valence-corrected chi connectivity index (χ0v) is 9.23. The molecule has 75 valence electrons. The van der Waals surface area contributed by atoms with Crippen LogP contribution in [0.3, 0.4) is 0 Å². The molecule has 0 saturated heterocycles. The highest BCUT2D eigenvalue weighted by atomic mass is 14.1. The molecule has 0 unspecified atom stereocenters. The highest BCUT2D eigenvalue weighted by Crippen LogP contribution is 2.28. The minimum absolute atomic E-state index is 0.982. The molecule has 0 atom stereocenters. The summed E-state index contributed by atoms with van der Waals surface area (Å²) < 4.78 is 0. The molecular formula is C12H24B. The molecule has 0 amide bonds. The Morgan fingerprint density at radius 1 is 1.00 bits per heavy atom. The van der Waals surface area contributed by atoms with Gasteiger partial charge in [0.15, 0.2) is 0 Å². The van der Waals surface area contributed by atoms with Gasteiger partial charge in [-0.25, -0.2) is 0 Å². The van der Waals surface area contributed by atoms with Gasteiger partial charge in [0.2, 0.25) is 0 Å². The molecule has 0 bridgehead atoms. The van der Waals surface area contributed by atoms with Gasteiger partial charge in [0.25, 0.3) is 0 Å². The maximum absolute atomic E-state index is 2.61. The minimum atomic E-state index is 0.982. The Kier molecular flexibility index (Phi) is 6.40. The van der Waals surface area contributed by atoms with E-state index in [9.17, 15) is 0 Å². The second-order valence-electron chi connectivity index (χ2n) is 4.48. The summed E-state index contributed by atoms with van der Waals surface area (Å²) >= 11 is 0. The summed E-state index contributed by atoms with van der Waals surface area (Å²) in [6.07, 6.45) is 14.5. The van der Waals surface area contributed by atoms with Crippen LogP contribution < -0.4 is 0 Å². The van der Waals surface area contributed by atoms with Crippen LogP contribution in [0.4, 0.5) is 0 Å². The molecule has 1 aliphatic rings. The van der Waals surface area contributed by atoms with Crippen LogP contribution in [0.25, 0.3) is 0 Å². The molecule has 0 aromatic heterocycles. The van der Waals surface area contributed by atoms with Gasteiger partial charge in [-0.2, -0.15) is 0 Å². The van der Waals surface area contributed by atoms with Gasteiger partial charge in [0, 0.05) is 0 Å². The Bertz CT molecular complexity index is 106. The van der Waals surface area contributed by atoms with Crippen LogP contribution >= 0.6 is 0 Å². The Hall–Kier alpha value is 0.0649. The molecule has 0 aliphatic heterocycles. The van der Waals surface area contributed by atoms with E-state index in [-0.39, 0.29) is 0 Å². The molecule has 1 fully saturated rings. The molecule has 1 aliphatic carbocycles. The van der Waals surface area contributed by atoms with E-state index in [0.717, 1.165) is 5.82 Å². The molecule has 1 radical (unpaired) electrons. The van der Waals surface area contributed by atoms with Crippen molar-refractivity contribution >= 4 is 7.28 Å². The fourth-order valence-corrected chi connectivity index (χ4v) is 2.29. The molecule has 0 aromatic carbocycles. The summed E-state index contributed by atoms with van der Waals surface area (Å²) in [7, 11) is 2.61. The zero-order chi connectivity index (χ0) is 9.36. The van der Waals surface area contributed by atoms with Crippen molar-refractivity contribution in [3.05, 3.63) is 0 Å². The van der Waals surface area contributed by atoms with E-state index in [1.807, 2.05) is 0 Å². The lowest BCUT2D eigenvalue weighted by Crippen LogP contribution is -2.07. The van der Waals surface area contributed by atoms with Gasteiger partial charge in [-0.1, -0.05) is 76.8 Å². The van der Waals surface area contributed by atoms with Crippen LogP contribution in [0.15, 0.2) is 0 Å². The third-order valence-corrected chi connectivity index (χ3v) is 3.21. The molecule has 1 saturated carbocycles. The van der Waals surface area contributed by atoms with Crippen molar-refractivity contribution in [2.75, 3.05) is 0 Å². The van der Waals surface area contributed by atoms with Crippen molar-refractivity contribution in [1.29, 1.82) is 0 Å². The van der Waals surface area contributed by atoms with Crippen LogP contribution in [0.1, 0.15) is 64.7 Å². The van der Waals surface area contributed by atoms with E-state index < -0.39 is 0 Å². The lowest BCUT2D eigenvalue weighted by atomic mass is 9.56. The molecule has 0 N–H and O–H groups in total. The predicted molar refractivity (Wildman–Crippen MR) is 61.5 cm³/mol. The van der Waals surface area contributed by atoms with Crippen LogP contribution in [-0.2, 0) is 0 Å². The quantitative estimate of drug-likeness (QED) is 0.417. The lowest BCUT2D eigenvalue weighted by molar-refractivity contribution is 0.499. The molecule has 0 heterocycles. The molecule has 0 spiro atoms. The van der Waals surface area contributed by atoms with Gasteiger partial charge < -0.3 is 0 Å². The van der Waals surface area contributed by atoms with Crippen LogP contribution in [0, 0.1) is 0 Å². The van der Waals surface area contributed by atoms with Crippen molar-refractivity contribution in [1.82, 2.24) is 0 Å². The maximum atomic E-state index is 2.61. The second-order valence-corrected chi connectivity index (χ2v) is 4.48. The van der Waals surface area contributed by atoms with E-state index >= 15 is 0 Å². The average molecular weight is 179 g/mol. The minimum Gasteiger partial charge on any atom is -0.0800 e. The first kappa shape index (κ1) is 11.1. The summed E-state index contributed by atoms with van der Waals surface area (Å²) in [5.74, 6) is 0.982. The first-order valence-corrected chi connectivity index (χ1v) is 6.27. The summed E-state index contributed by atoms with van der Waals surface area (Å²) in [5, 5.41) is 0. The van der Waals surface area contributed by atoms with E-state index in [1.54, 1.807) is 0 Å². The molecule has 1 heteroatoms. The number of unbranched alkanes of at least 4 members (excludes halogenated alkanes) is 3.